The van der Waals surface area contributed by atoms with Crippen LogP contribution in [0, 0.1) is 5.92 Å². The van der Waals surface area contributed by atoms with E-state index in [0.717, 1.165) is 0 Å². The predicted molar refractivity (Wildman–Crippen MR) is 83.8 cm³/mol. The van der Waals surface area contributed by atoms with Gasteiger partial charge in [0.2, 0.25) is 5.91 Å². The molecule has 2 aromatic heterocycles. The van der Waals surface area contributed by atoms with Crippen LogP contribution in [0.15, 0.2) is 34.9 Å². The molecule has 122 valence electrons. The minimum Gasteiger partial charge on any atom is -0.506 e. The Morgan fingerprint density at radius 3 is 2.52 bits per heavy atom. The molecule has 2 amide bonds. The second-order valence-electron chi connectivity index (χ2n) is 5.37. The third-order valence-corrected chi connectivity index (χ3v) is 3.31. The molecule has 7 heteroatoms. The molecule has 2 heterocycles. The van der Waals surface area contributed by atoms with Crippen molar-refractivity contribution < 1.29 is 19.1 Å². The van der Waals surface area contributed by atoms with E-state index in [1.165, 1.54) is 25.4 Å². The molecular formula is C16H19N3O4. The van der Waals surface area contributed by atoms with E-state index in [1.807, 2.05) is 13.8 Å². The van der Waals surface area contributed by atoms with Crippen molar-refractivity contribution in [3.05, 3.63) is 36.2 Å². The molecule has 0 aliphatic carbocycles. The van der Waals surface area contributed by atoms with Crippen LogP contribution in [0.3, 0.4) is 0 Å². The average Bonchev–Trinajstić information content (AvgIpc) is 3.02. The molecule has 0 aliphatic heterocycles. The number of nitrogens with one attached hydrogen (secondary N) is 2. The molecule has 0 aromatic carbocycles. The first kappa shape index (κ1) is 16.5. The van der Waals surface area contributed by atoms with Crippen LogP contribution in [0.2, 0.25) is 0 Å². The number of carbonyl (C=O) groups is 2. The summed E-state index contributed by atoms with van der Waals surface area (Å²) in [7, 11) is 1.52. The molecule has 0 bridgehead atoms. The van der Waals surface area contributed by atoms with E-state index in [-0.39, 0.29) is 23.3 Å². The van der Waals surface area contributed by atoms with Crippen LogP contribution in [0.25, 0.3) is 11.5 Å². The molecule has 23 heavy (non-hydrogen) atoms. The van der Waals surface area contributed by atoms with Crippen LogP contribution in [-0.4, -0.2) is 35.0 Å². The third kappa shape index (κ3) is 3.88. The van der Waals surface area contributed by atoms with Crippen molar-refractivity contribution in [2.45, 2.75) is 19.9 Å². The Kier molecular flexibility index (Phi) is 5.00. The van der Waals surface area contributed by atoms with Gasteiger partial charge in [0, 0.05) is 7.05 Å². The fraction of sp³-hybridized carbons (Fsp3) is 0.312. The lowest BCUT2D eigenvalue weighted by Gasteiger charge is -2.19. The summed E-state index contributed by atoms with van der Waals surface area (Å²) < 4.78 is 5.48. The van der Waals surface area contributed by atoms with Gasteiger partial charge in [0.15, 0.2) is 11.5 Å². The lowest BCUT2D eigenvalue weighted by molar-refractivity contribution is -0.123. The molecule has 2 aromatic rings. The topological polar surface area (TPSA) is 104 Å². The number of amides is 2. The number of rotatable bonds is 5. The number of hydrogen-bond acceptors (Lipinski definition) is 5. The Bertz CT molecular complexity index is 692. The van der Waals surface area contributed by atoms with Gasteiger partial charge in [-0.2, -0.15) is 0 Å². The number of nitrogens with zero attached hydrogens (tertiary/aromatic N) is 1. The van der Waals surface area contributed by atoms with Crippen LogP contribution in [0.4, 0.5) is 0 Å². The van der Waals surface area contributed by atoms with Gasteiger partial charge in [0.05, 0.1) is 6.20 Å². The van der Waals surface area contributed by atoms with Crippen LogP contribution < -0.4 is 10.6 Å². The molecule has 0 spiro atoms. The van der Waals surface area contributed by atoms with E-state index in [0.29, 0.717) is 11.5 Å². The normalized spacial score (nSPS) is 12.0. The predicted octanol–water partition coefficient (Wildman–Crippen LogP) is 1.55. The average molecular weight is 317 g/mol. The first-order valence-corrected chi connectivity index (χ1v) is 7.20. The number of likely N-dealkylation sites (N-methyl/N-ethyl adjacent to an activating group) is 1. The van der Waals surface area contributed by atoms with Crippen molar-refractivity contribution in [3.8, 4) is 17.2 Å². The van der Waals surface area contributed by atoms with Gasteiger partial charge in [-0.15, -0.1) is 0 Å². The zero-order valence-corrected chi connectivity index (χ0v) is 13.2. The maximum Gasteiger partial charge on any atom is 0.287 e. The van der Waals surface area contributed by atoms with Crippen molar-refractivity contribution in [2.24, 2.45) is 5.92 Å². The third-order valence-electron chi connectivity index (χ3n) is 3.31. The first-order valence-electron chi connectivity index (χ1n) is 7.20. The summed E-state index contributed by atoms with van der Waals surface area (Å²) in [4.78, 5) is 28.0. The maximum absolute atomic E-state index is 12.2. The van der Waals surface area contributed by atoms with Crippen LogP contribution in [0.5, 0.6) is 5.75 Å². The number of furan rings is 1. The second-order valence-corrected chi connectivity index (χ2v) is 5.37. The van der Waals surface area contributed by atoms with E-state index in [9.17, 15) is 14.7 Å². The first-order chi connectivity index (χ1) is 10.9. The monoisotopic (exact) mass is 317 g/mol. The Hall–Kier alpha value is -2.83. The van der Waals surface area contributed by atoms with Crippen molar-refractivity contribution in [3.63, 3.8) is 0 Å². The molecule has 0 radical (unpaired) electrons. The van der Waals surface area contributed by atoms with Crippen LogP contribution in [-0.2, 0) is 4.79 Å². The Balaban J connectivity index is 2.14. The second kappa shape index (κ2) is 6.95. The van der Waals surface area contributed by atoms with Gasteiger partial charge >= 0.3 is 0 Å². The summed E-state index contributed by atoms with van der Waals surface area (Å²) >= 11 is 0. The maximum atomic E-state index is 12.2. The van der Waals surface area contributed by atoms with Gasteiger partial charge in [-0.25, -0.2) is 4.98 Å². The van der Waals surface area contributed by atoms with E-state index in [4.69, 9.17) is 4.42 Å². The fourth-order valence-electron chi connectivity index (χ4n) is 2.03. The van der Waals surface area contributed by atoms with Gasteiger partial charge in [-0.3, -0.25) is 9.59 Å². The van der Waals surface area contributed by atoms with Gasteiger partial charge in [-0.05, 0) is 30.2 Å². The van der Waals surface area contributed by atoms with Crippen molar-refractivity contribution >= 4 is 11.8 Å². The summed E-state index contributed by atoms with van der Waals surface area (Å²) in [5.74, 6) is -0.269. The largest absolute Gasteiger partial charge is 0.506 e. The quantitative estimate of drug-likeness (QED) is 0.776. The van der Waals surface area contributed by atoms with E-state index >= 15 is 0 Å². The molecule has 3 N–H and O–H groups in total. The molecule has 0 saturated heterocycles. The highest BCUT2D eigenvalue weighted by Crippen LogP contribution is 2.21. The van der Waals surface area contributed by atoms with Crippen molar-refractivity contribution in [2.75, 3.05) is 7.05 Å². The van der Waals surface area contributed by atoms with E-state index < -0.39 is 11.9 Å². The molecule has 0 saturated carbocycles. The van der Waals surface area contributed by atoms with E-state index in [1.54, 1.807) is 12.1 Å². The van der Waals surface area contributed by atoms with Crippen LogP contribution in [0.1, 0.15) is 24.4 Å². The fourth-order valence-corrected chi connectivity index (χ4v) is 2.03. The highest BCUT2D eigenvalue weighted by molar-refractivity contribution is 5.95. The Morgan fingerprint density at radius 2 is 1.96 bits per heavy atom. The number of pyridine rings is 1. The molecular weight excluding hydrogens is 298 g/mol. The summed E-state index contributed by atoms with van der Waals surface area (Å²) in [5, 5.41) is 14.4. The van der Waals surface area contributed by atoms with Crippen molar-refractivity contribution in [1.82, 2.24) is 15.6 Å². The van der Waals surface area contributed by atoms with Gasteiger partial charge < -0.3 is 20.2 Å². The number of aromatic hydroxyl groups is 1. The smallest absolute Gasteiger partial charge is 0.287 e. The molecule has 1 unspecified atom stereocenters. The number of carbonyl (C=O) groups excluding carboxylic acids is 2. The molecule has 7 nitrogen and oxygen atoms in total. The SMILES string of the molecule is CNC(=O)C(NC(=O)c1ccc(-c2ccc(O)cn2)o1)C(C)C. The highest BCUT2D eigenvalue weighted by Gasteiger charge is 2.25. The summed E-state index contributed by atoms with van der Waals surface area (Å²) in [6, 6.07) is 5.54. The Labute approximate surface area is 133 Å². The summed E-state index contributed by atoms with van der Waals surface area (Å²) in [6.45, 7) is 3.68. The lowest BCUT2D eigenvalue weighted by atomic mass is 10.0. The molecule has 0 fully saturated rings. The zero-order valence-electron chi connectivity index (χ0n) is 13.2. The lowest BCUT2D eigenvalue weighted by Crippen LogP contribution is -2.48. The van der Waals surface area contributed by atoms with Gasteiger partial charge in [0.1, 0.15) is 17.5 Å². The molecule has 2 rings (SSSR count). The van der Waals surface area contributed by atoms with Crippen molar-refractivity contribution in [1.29, 1.82) is 0 Å². The van der Waals surface area contributed by atoms with Gasteiger partial charge in [0.25, 0.3) is 5.91 Å². The Morgan fingerprint density at radius 1 is 1.22 bits per heavy atom. The minimum atomic E-state index is -0.646. The number of aromatic nitrogens is 1. The minimum absolute atomic E-state index is 0.0450. The zero-order chi connectivity index (χ0) is 17.0. The van der Waals surface area contributed by atoms with E-state index in [2.05, 4.69) is 15.6 Å². The summed E-state index contributed by atoms with van der Waals surface area (Å²) in [6.07, 6.45) is 1.29. The standard InChI is InChI=1S/C16H19N3O4/c1-9(2)14(16(22)17-3)19-15(21)13-7-6-12(23-13)11-5-4-10(20)8-18-11/h4-9,14,20H,1-3H3,(H,17,22)(H,19,21). The molecule has 0 aliphatic rings. The highest BCUT2D eigenvalue weighted by atomic mass is 16.4. The summed E-state index contributed by atoms with van der Waals surface area (Å²) in [5.41, 5.74) is 0.494. The van der Waals surface area contributed by atoms with Crippen LogP contribution >= 0.6 is 0 Å². The van der Waals surface area contributed by atoms with Gasteiger partial charge in [-0.1, -0.05) is 13.8 Å². The number of hydrogen-bond donors (Lipinski definition) is 3. The molecule has 1 atom stereocenters.